The van der Waals surface area contributed by atoms with E-state index in [1.54, 1.807) is 19.4 Å². The molecule has 1 aromatic heterocycles. The predicted molar refractivity (Wildman–Crippen MR) is 112 cm³/mol. The van der Waals surface area contributed by atoms with E-state index < -0.39 is 0 Å². The highest BCUT2D eigenvalue weighted by Crippen LogP contribution is 2.13. The lowest BCUT2D eigenvalue weighted by atomic mass is 10.1. The molecule has 0 aliphatic carbocycles. The van der Waals surface area contributed by atoms with E-state index in [2.05, 4.69) is 40.7 Å². The molecule has 5 nitrogen and oxygen atoms in total. The van der Waals surface area contributed by atoms with Crippen LogP contribution >= 0.6 is 0 Å². The molecule has 0 saturated heterocycles. The van der Waals surface area contributed by atoms with E-state index in [1.807, 2.05) is 36.4 Å². The van der Waals surface area contributed by atoms with Crippen molar-refractivity contribution < 1.29 is 9.53 Å². The number of rotatable bonds is 8. The zero-order valence-corrected chi connectivity index (χ0v) is 16.2. The van der Waals surface area contributed by atoms with Crippen LogP contribution in [0.25, 0.3) is 0 Å². The highest BCUT2D eigenvalue weighted by molar-refractivity contribution is 5.93. The average Bonchev–Trinajstić information content (AvgIpc) is 2.72. The summed E-state index contributed by atoms with van der Waals surface area (Å²) in [5, 5.41) is 6.27. The van der Waals surface area contributed by atoms with Crippen LogP contribution < -0.4 is 15.4 Å². The molecule has 3 rings (SSSR count). The Balaban J connectivity index is 1.53. The molecule has 1 amide bonds. The summed E-state index contributed by atoms with van der Waals surface area (Å²) in [6.45, 7) is 3.31. The lowest BCUT2D eigenvalue weighted by Crippen LogP contribution is -2.26. The molecule has 0 bridgehead atoms. The standard InChI is InChI=1S/C23H25N3O2/c1-17-5-3-7-19(13-17)16-26-20-10-12-24-22(15-20)23(27)25-11-9-18-6-4-8-21(14-18)28-2/h3-8,10,12-15H,9,11,16H2,1-2H3,(H,24,26)(H,25,27). The Kier molecular flexibility index (Phi) is 6.63. The Morgan fingerprint density at radius 1 is 1.04 bits per heavy atom. The highest BCUT2D eigenvalue weighted by atomic mass is 16.5. The van der Waals surface area contributed by atoms with Gasteiger partial charge in [0.2, 0.25) is 0 Å². The van der Waals surface area contributed by atoms with Gasteiger partial charge in [0.25, 0.3) is 5.91 Å². The molecule has 1 heterocycles. The number of aryl methyl sites for hydroxylation is 1. The van der Waals surface area contributed by atoms with Gasteiger partial charge in [-0.15, -0.1) is 0 Å². The number of ether oxygens (including phenoxy) is 1. The van der Waals surface area contributed by atoms with E-state index in [-0.39, 0.29) is 5.91 Å². The number of methoxy groups -OCH3 is 1. The molecule has 0 atom stereocenters. The number of aromatic nitrogens is 1. The van der Waals surface area contributed by atoms with Crippen LogP contribution in [-0.4, -0.2) is 24.5 Å². The van der Waals surface area contributed by atoms with Gasteiger partial charge in [-0.25, -0.2) is 0 Å². The van der Waals surface area contributed by atoms with Gasteiger partial charge >= 0.3 is 0 Å². The maximum absolute atomic E-state index is 12.4. The Bertz CT molecular complexity index is 940. The fourth-order valence-electron chi connectivity index (χ4n) is 2.93. The van der Waals surface area contributed by atoms with Crippen molar-refractivity contribution in [1.82, 2.24) is 10.3 Å². The molecule has 5 heteroatoms. The zero-order valence-electron chi connectivity index (χ0n) is 16.2. The van der Waals surface area contributed by atoms with Gasteiger partial charge < -0.3 is 15.4 Å². The van der Waals surface area contributed by atoms with Crippen molar-refractivity contribution in [2.75, 3.05) is 19.0 Å². The summed E-state index contributed by atoms with van der Waals surface area (Å²) in [5.41, 5.74) is 4.81. The Labute approximate surface area is 165 Å². The second kappa shape index (κ2) is 9.55. The third-order valence-corrected chi connectivity index (χ3v) is 4.41. The van der Waals surface area contributed by atoms with Crippen LogP contribution in [0.5, 0.6) is 5.75 Å². The molecule has 0 aliphatic heterocycles. The second-order valence-electron chi connectivity index (χ2n) is 6.63. The predicted octanol–water partition coefficient (Wildman–Crippen LogP) is 3.98. The number of amides is 1. The molecule has 2 aromatic carbocycles. The molecule has 144 valence electrons. The van der Waals surface area contributed by atoms with Crippen LogP contribution in [0.15, 0.2) is 66.9 Å². The first-order valence-electron chi connectivity index (χ1n) is 9.30. The van der Waals surface area contributed by atoms with Crippen molar-refractivity contribution in [3.05, 3.63) is 89.2 Å². The number of hydrogen-bond acceptors (Lipinski definition) is 4. The number of carbonyl (C=O) groups is 1. The second-order valence-corrected chi connectivity index (χ2v) is 6.63. The quantitative estimate of drug-likeness (QED) is 0.625. The van der Waals surface area contributed by atoms with Gasteiger partial charge in [-0.3, -0.25) is 9.78 Å². The van der Waals surface area contributed by atoms with Crippen molar-refractivity contribution in [2.24, 2.45) is 0 Å². The normalized spacial score (nSPS) is 10.4. The van der Waals surface area contributed by atoms with Gasteiger partial charge in [0.05, 0.1) is 7.11 Å². The lowest BCUT2D eigenvalue weighted by Gasteiger charge is -2.09. The summed E-state index contributed by atoms with van der Waals surface area (Å²) in [5.74, 6) is 0.639. The Morgan fingerprint density at radius 3 is 2.68 bits per heavy atom. The summed E-state index contributed by atoms with van der Waals surface area (Å²) in [6.07, 6.45) is 2.38. The number of nitrogens with zero attached hydrogens (tertiary/aromatic N) is 1. The lowest BCUT2D eigenvalue weighted by molar-refractivity contribution is 0.0949. The topological polar surface area (TPSA) is 63.2 Å². The van der Waals surface area contributed by atoms with Crippen LogP contribution in [0.4, 0.5) is 5.69 Å². The van der Waals surface area contributed by atoms with Crippen LogP contribution in [0.3, 0.4) is 0 Å². The first kappa shape index (κ1) is 19.4. The third-order valence-electron chi connectivity index (χ3n) is 4.41. The van der Waals surface area contributed by atoms with Crippen molar-refractivity contribution in [3.63, 3.8) is 0 Å². The van der Waals surface area contributed by atoms with Gasteiger partial charge in [0.15, 0.2) is 0 Å². The van der Waals surface area contributed by atoms with Crippen LogP contribution in [0, 0.1) is 6.92 Å². The van der Waals surface area contributed by atoms with Crippen LogP contribution in [-0.2, 0) is 13.0 Å². The van der Waals surface area contributed by atoms with Crippen molar-refractivity contribution in [1.29, 1.82) is 0 Å². The summed E-state index contributed by atoms with van der Waals surface area (Å²) in [7, 11) is 1.65. The highest BCUT2D eigenvalue weighted by Gasteiger charge is 2.08. The fraction of sp³-hybridized carbons (Fsp3) is 0.217. The number of anilines is 1. The van der Waals surface area contributed by atoms with Crippen molar-refractivity contribution in [2.45, 2.75) is 19.9 Å². The first-order valence-corrected chi connectivity index (χ1v) is 9.30. The monoisotopic (exact) mass is 375 g/mol. The molecular weight excluding hydrogens is 350 g/mol. The van der Waals surface area contributed by atoms with E-state index >= 15 is 0 Å². The smallest absolute Gasteiger partial charge is 0.269 e. The van der Waals surface area contributed by atoms with Crippen molar-refractivity contribution >= 4 is 11.6 Å². The van der Waals surface area contributed by atoms with E-state index in [9.17, 15) is 4.79 Å². The fourth-order valence-corrected chi connectivity index (χ4v) is 2.93. The number of benzene rings is 2. The molecule has 3 aromatic rings. The molecule has 0 unspecified atom stereocenters. The zero-order chi connectivity index (χ0) is 19.8. The van der Waals surface area contributed by atoms with E-state index in [0.29, 0.717) is 18.8 Å². The summed E-state index contributed by atoms with van der Waals surface area (Å²) >= 11 is 0. The molecule has 28 heavy (non-hydrogen) atoms. The van der Waals surface area contributed by atoms with Gasteiger partial charge in [0.1, 0.15) is 11.4 Å². The van der Waals surface area contributed by atoms with E-state index in [4.69, 9.17) is 4.74 Å². The molecular formula is C23H25N3O2. The molecule has 0 radical (unpaired) electrons. The maximum Gasteiger partial charge on any atom is 0.269 e. The molecule has 0 aliphatic rings. The number of nitrogens with one attached hydrogen (secondary N) is 2. The summed E-state index contributed by atoms with van der Waals surface area (Å²) in [4.78, 5) is 16.6. The van der Waals surface area contributed by atoms with E-state index in [0.717, 1.165) is 23.4 Å². The maximum atomic E-state index is 12.4. The van der Waals surface area contributed by atoms with Gasteiger partial charge in [0, 0.05) is 25.0 Å². The molecule has 0 fully saturated rings. The first-order chi connectivity index (χ1) is 13.6. The van der Waals surface area contributed by atoms with Crippen LogP contribution in [0.2, 0.25) is 0 Å². The number of hydrogen-bond donors (Lipinski definition) is 2. The third kappa shape index (κ3) is 5.58. The minimum Gasteiger partial charge on any atom is -0.497 e. The van der Waals surface area contributed by atoms with Crippen molar-refractivity contribution in [3.8, 4) is 5.75 Å². The van der Waals surface area contributed by atoms with E-state index in [1.165, 1.54) is 11.1 Å². The minimum atomic E-state index is -0.179. The minimum absolute atomic E-state index is 0.179. The average molecular weight is 375 g/mol. The molecule has 0 spiro atoms. The largest absolute Gasteiger partial charge is 0.497 e. The molecule has 2 N–H and O–H groups in total. The van der Waals surface area contributed by atoms with Crippen LogP contribution in [0.1, 0.15) is 27.2 Å². The van der Waals surface area contributed by atoms with Gasteiger partial charge in [-0.2, -0.15) is 0 Å². The Hall–Kier alpha value is -3.34. The summed E-state index contributed by atoms with van der Waals surface area (Å²) in [6, 6.07) is 19.8. The number of carbonyl (C=O) groups excluding carboxylic acids is 1. The number of pyridine rings is 1. The summed E-state index contributed by atoms with van der Waals surface area (Å²) < 4.78 is 5.22. The van der Waals surface area contributed by atoms with Gasteiger partial charge in [-0.05, 0) is 48.7 Å². The Morgan fingerprint density at radius 2 is 1.86 bits per heavy atom. The molecule has 0 saturated carbocycles. The SMILES string of the molecule is COc1cccc(CCNC(=O)c2cc(NCc3cccc(C)c3)ccn2)c1. The van der Waals surface area contributed by atoms with Gasteiger partial charge in [-0.1, -0.05) is 42.0 Å².